The fraction of sp³-hybridized carbons (Fsp3) is 0.538. The van der Waals surface area contributed by atoms with E-state index in [1.807, 2.05) is 0 Å². The third-order valence-corrected chi connectivity index (χ3v) is 8.08. The maximum Gasteiger partial charge on any atom is 0.459 e. The van der Waals surface area contributed by atoms with Crippen LogP contribution in [0, 0.1) is 5.92 Å². The average molecular weight is 597 g/mol. The van der Waals surface area contributed by atoms with Gasteiger partial charge in [0.2, 0.25) is 5.91 Å². The Hall–Kier alpha value is -3.16. The number of carbonyl (C=O) groups excluding carboxylic acids is 2. The molecule has 1 amide bonds. The van der Waals surface area contributed by atoms with E-state index in [2.05, 4.69) is 15.4 Å². The number of para-hydroxylation sites is 1. The molecular weight excluding hydrogens is 562 g/mol. The van der Waals surface area contributed by atoms with Crippen LogP contribution < -0.4 is 20.6 Å². The van der Waals surface area contributed by atoms with Gasteiger partial charge < -0.3 is 24.4 Å². The number of nitrogens with one attached hydrogen (secondary N) is 2. The summed E-state index contributed by atoms with van der Waals surface area (Å²) in [7, 11) is -4.33. The molecule has 0 unspecified atom stereocenters. The highest BCUT2D eigenvalue weighted by molar-refractivity contribution is 7.52. The van der Waals surface area contributed by atoms with Gasteiger partial charge in [0.1, 0.15) is 29.8 Å². The zero-order valence-corrected chi connectivity index (χ0v) is 24.0. The molecule has 2 heterocycles. The van der Waals surface area contributed by atoms with E-state index in [9.17, 15) is 24.1 Å². The summed E-state index contributed by atoms with van der Waals surface area (Å²) >= 11 is 0. The number of ether oxygens (including phenoxy) is 2. The van der Waals surface area contributed by atoms with Crippen molar-refractivity contribution in [2.75, 3.05) is 11.9 Å². The van der Waals surface area contributed by atoms with Crippen molar-refractivity contribution in [3.8, 4) is 5.75 Å². The normalized spacial score (nSPS) is 26.3. The predicted molar refractivity (Wildman–Crippen MR) is 144 cm³/mol. The number of rotatable bonds is 12. The Morgan fingerprint density at radius 2 is 1.93 bits per heavy atom. The van der Waals surface area contributed by atoms with Gasteiger partial charge in [-0.15, -0.1) is 0 Å². The lowest BCUT2D eigenvalue weighted by atomic mass is 9.98. The van der Waals surface area contributed by atoms with Crippen LogP contribution in [0.2, 0.25) is 0 Å². The van der Waals surface area contributed by atoms with E-state index in [4.69, 9.17) is 18.5 Å². The average Bonchev–Trinajstić information content (AvgIpc) is 3.72. The van der Waals surface area contributed by atoms with Gasteiger partial charge in [0.25, 0.3) is 0 Å². The smallest absolute Gasteiger partial charge is 0.459 e. The van der Waals surface area contributed by atoms with Crippen molar-refractivity contribution in [3.63, 3.8) is 0 Å². The van der Waals surface area contributed by atoms with Crippen LogP contribution in [0.25, 0.3) is 0 Å². The third-order valence-electron chi connectivity index (χ3n) is 6.43. The number of benzene rings is 1. The summed E-state index contributed by atoms with van der Waals surface area (Å²) in [4.78, 5) is 40.8. The molecule has 0 radical (unpaired) electrons. The molecule has 41 heavy (non-hydrogen) atoms. The van der Waals surface area contributed by atoms with Gasteiger partial charge in [-0.25, -0.2) is 13.8 Å². The summed E-state index contributed by atoms with van der Waals surface area (Å²) in [5.74, 6) is -0.907. The molecule has 2 aromatic rings. The number of anilines is 1. The number of hydrogen-bond acceptors (Lipinski definition) is 10. The fourth-order valence-corrected chi connectivity index (χ4v) is 5.59. The molecule has 3 N–H and O–H groups in total. The second-order valence-corrected chi connectivity index (χ2v) is 12.1. The summed E-state index contributed by atoms with van der Waals surface area (Å²) in [5.41, 5.74) is -3.41. The topological polar surface area (TPSA) is 167 Å². The number of aromatic nitrogens is 2. The zero-order valence-electron chi connectivity index (χ0n) is 23.1. The molecule has 0 spiro atoms. The molecule has 2 aliphatic rings. The molecular formula is C26H34FN4O9P. The van der Waals surface area contributed by atoms with E-state index in [1.54, 1.807) is 32.0 Å². The molecule has 1 aromatic carbocycles. The van der Waals surface area contributed by atoms with Crippen LogP contribution in [0.15, 0.2) is 47.4 Å². The van der Waals surface area contributed by atoms with E-state index in [0.717, 1.165) is 24.3 Å². The van der Waals surface area contributed by atoms with Crippen LogP contribution in [0.1, 0.15) is 46.8 Å². The lowest BCUT2D eigenvalue weighted by Crippen LogP contribution is -2.43. The van der Waals surface area contributed by atoms with E-state index in [1.165, 1.54) is 31.3 Å². The molecule has 224 valence electrons. The maximum atomic E-state index is 15.7. The second-order valence-electron chi connectivity index (χ2n) is 10.4. The van der Waals surface area contributed by atoms with Crippen molar-refractivity contribution in [1.29, 1.82) is 0 Å². The standard InChI is InChI=1S/C26H34FN4O9P/c1-15(2)38-23(34)16(3)30-41(36,40-18-8-6-5-7-9-18)37-14-19-21(32)26(4,27)24(39-19)31-13-12-20(29-25(31)35)28-22(33)17-10-11-17/h5-9,12-13,15-17,19,21,24,32H,10-11,14H2,1-4H3,(H,30,36)(H,28,29,33,35)/t16-,19+,21+,24+,26+,41-/m0/s1. The van der Waals surface area contributed by atoms with Crippen LogP contribution >= 0.6 is 7.75 Å². The van der Waals surface area contributed by atoms with Gasteiger partial charge in [0.05, 0.1) is 12.7 Å². The number of aliphatic hydroxyl groups is 1. The minimum Gasteiger partial charge on any atom is -0.462 e. The van der Waals surface area contributed by atoms with Gasteiger partial charge in [-0.1, -0.05) is 18.2 Å². The molecule has 6 atom stereocenters. The Balaban J connectivity index is 1.48. The summed E-state index contributed by atoms with van der Waals surface area (Å²) in [5, 5.41) is 15.8. The number of aliphatic hydroxyl groups excluding tert-OH is 1. The lowest BCUT2D eigenvalue weighted by Gasteiger charge is -2.25. The summed E-state index contributed by atoms with van der Waals surface area (Å²) in [6.07, 6.45) is -2.54. The molecule has 1 aliphatic heterocycles. The number of esters is 1. The Morgan fingerprint density at radius 3 is 2.54 bits per heavy atom. The van der Waals surface area contributed by atoms with Gasteiger partial charge in [-0.05, 0) is 58.7 Å². The van der Waals surface area contributed by atoms with E-state index < -0.39 is 62.3 Å². The first-order valence-electron chi connectivity index (χ1n) is 13.2. The second kappa shape index (κ2) is 12.4. The van der Waals surface area contributed by atoms with Gasteiger partial charge in [0, 0.05) is 12.1 Å². The highest BCUT2D eigenvalue weighted by atomic mass is 31.2. The molecule has 4 rings (SSSR count). The Kier molecular flexibility index (Phi) is 9.29. The summed E-state index contributed by atoms with van der Waals surface area (Å²) < 4.78 is 52.2. The summed E-state index contributed by atoms with van der Waals surface area (Å²) in [6.45, 7) is 5.12. The molecule has 2 fully saturated rings. The first kappa shape index (κ1) is 30.8. The minimum absolute atomic E-state index is 0.0114. The molecule has 0 bridgehead atoms. The maximum absolute atomic E-state index is 15.7. The van der Waals surface area contributed by atoms with Crippen LogP contribution in [0.3, 0.4) is 0 Å². The first-order valence-corrected chi connectivity index (χ1v) is 14.7. The van der Waals surface area contributed by atoms with Crippen LogP contribution in [-0.2, 0) is 28.2 Å². The molecule has 1 aliphatic carbocycles. The number of carbonyl (C=O) groups is 2. The SMILES string of the molecule is CC(C)OC(=O)[C@H](C)N[P@](=O)(OC[C@H]1O[C@@H](n2ccc(NC(=O)C3CC3)nc2=O)[C@](C)(F)[C@@H]1O)Oc1ccccc1. The van der Waals surface area contributed by atoms with Crippen molar-refractivity contribution in [1.82, 2.24) is 14.6 Å². The predicted octanol–water partition coefficient (Wildman–Crippen LogP) is 2.71. The number of hydrogen-bond donors (Lipinski definition) is 3. The largest absolute Gasteiger partial charge is 0.462 e. The van der Waals surface area contributed by atoms with Crippen molar-refractivity contribution < 1.29 is 42.2 Å². The third kappa shape index (κ3) is 7.57. The van der Waals surface area contributed by atoms with Gasteiger partial charge in [-0.3, -0.25) is 18.7 Å². The quantitative estimate of drug-likeness (QED) is 0.243. The highest BCUT2D eigenvalue weighted by Crippen LogP contribution is 2.47. The molecule has 1 saturated heterocycles. The fourth-order valence-electron chi connectivity index (χ4n) is 4.09. The van der Waals surface area contributed by atoms with Crippen LogP contribution in [0.4, 0.5) is 10.2 Å². The molecule has 1 aromatic heterocycles. The summed E-state index contributed by atoms with van der Waals surface area (Å²) in [6, 6.07) is 8.21. The number of alkyl halides is 1. The van der Waals surface area contributed by atoms with Crippen molar-refractivity contribution in [3.05, 3.63) is 53.1 Å². The number of halogens is 1. The first-order chi connectivity index (χ1) is 19.3. The van der Waals surface area contributed by atoms with Crippen molar-refractivity contribution in [2.24, 2.45) is 5.92 Å². The van der Waals surface area contributed by atoms with Crippen LogP contribution in [-0.4, -0.2) is 63.2 Å². The van der Waals surface area contributed by atoms with E-state index in [-0.39, 0.29) is 23.4 Å². The van der Waals surface area contributed by atoms with Crippen LogP contribution in [0.5, 0.6) is 5.75 Å². The van der Waals surface area contributed by atoms with Gasteiger partial charge >= 0.3 is 19.4 Å². The molecule has 1 saturated carbocycles. The van der Waals surface area contributed by atoms with E-state index in [0.29, 0.717) is 0 Å². The number of amides is 1. The van der Waals surface area contributed by atoms with Gasteiger partial charge in [-0.2, -0.15) is 10.1 Å². The Bertz CT molecular complexity index is 1350. The van der Waals surface area contributed by atoms with Gasteiger partial charge in [0.15, 0.2) is 11.9 Å². The Morgan fingerprint density at radius 1 is 1.24 bits per heavy atom. The highest BCUT2D eigenvalue weighted by Gasteiger charge is 2.56. The number of nitrogens with zero attached hydrogens (tertiary/aromatic N) is 2. The molecule has 15 heteroatoms. The zero-order chi connectivity index (χ0) is 29.9. The monoisotopic (exact) mass is 596 g/mol. The van der Waals surface area contributed by atoms with Crippen molar-refractivity contribution >= 4 is 25.4 Å². The van der Waals surface area contributed by atoms with E-state index >= 15 is 4.39 Å². The lowest BCUT2D eigenvalue weighted by molar-refractivity contribution is -0.149. The minimum atomic E-state index is -4.33. The van der Waals surface area contributed by atoms with Crippen molar-refractivity contribution in [2.45, 2.75) is 76.8 Å². The molecule has 13 nitrogen and oxygen atoms in total. The Labute approximate surface area is 235 Å².